The van der Waals surface area contributed by atoms with Crippen molar-refractivity contribution in [2.75, 3.05) is 45.9 Å². The van der Waals surface area contributed by atoms with Crippen molar-refractivity contribution >= 4 is 5.91 Å². The van der Waals surface area contributed by atoms with Gasteiger partial charge in [0.2, 0.25) is 5.91 Å². The Morgan fingerprint density at radius 3 is 2.39 bits per heavy atom. The molecule has 150 valence electrons. The van der Waals surface area contributed by atoms with Crippen LogP contribution < -0.4 is 0 Å². The summed E-state index contributed by atoms with van der Waals surface area (Å²) in [7, 11) is 0. The minimum atomic E-state index is 0.0636. The molecule has 0 aromatic heterocycles. The lowest BCUT2D eigenvalue weighted by Crippen LogP contribution is -2.59. The fourth-order valence-electron chi connectivity index (χ4n) is 4.75. The van der Waals surface area contributed by atoms with Crippen molar-refractivity contribution in [3.05, 3.63) is 35.4 Å². The zero-order valence-electron chi connectivity index (χ0n) is 16.6. The molecule has 1 aromatic rings. The van der Waals surface area contributed by atoms with Crippen LogP contribution >= 0.6 is 0 Å². The number of nitriles is 1. The van der Waals surface area contributed by atoms with E-state index in [0.29, 0.717) is 17.5 Å². The highest BCUT2D eigenvalue weighted by Gasteiger charge is 2.37. The smallest absolute Gasteiger partial charge is 0.240 e. The summed E-state index contributed by atoms with van der Waals surface area (Å²) in [4.78, 5) is 20.2. The molecule has 3 fully saturated rings. The van der Waals surface area contributed by atoms with Crippen LogP contribution in [0.3, 0.4) is 0 Å². The largest absolute Gasteiger partial charge is 0.381 e. The van der Waals surface area contributed by atoms with Gasteiger partial charge in [0.25, 0.3) is 0 Å². The first kappa shape index (κ1) is 19.4. The summed E-state index contributed by atoms with van der Waals surface area (Å²) in [6.07, 6.45) is 4.07. The van der Waals surface area contributed by atoms with E-state index in [4.69, 9.17) is 10.00 Å². The van der Waals surface area contributed by atoms with Crippen molar-refractivity contribution < 1.29 is 9.53 Å². The topological polar surface area (TPSA) is 59.8 Å². The van der Waals surface area contributed by atoms with Gasteiger partial charge >= 0.3 is 0 Å². The summed E-state index contributed by atoms with van der Waals surface area (Å²) in [5.41, 5.74) is 1.95. The standard InChI is InChI=1S/C22H30N4O2/c23-16-18-3-5-19(6-4-18)17-24-10-12-25(13-11-24)21-2-1-9-26(22(21)27)20-7-14-28-15-8-20/h3-6,20-21H,1-2,7-15,17H2/t21-/m0/s1. The van der Waals surface area contributed by atoms with E-state index in [1.54, 1.807) is 0 Å². The fourth-order valence-corrected chi connectivity index (χ4v) is 4.75. The van der Waals surface area contributed by atoms with Crippen molar-refractivity contribution in [3.63, 3.8) is 0 Å². The molecule has 0 aliphatic carbocycles. The Morgan fingerprint density at radius 2 is 1.71 bits per heavy atom. The van der Waals surface area contributed by atoms with Gasteiger partial charge in [0.1, 0.15) is 0 Å². The number of ether oxygens (including phenoxy) is 1. The number of likely N-dealkylation sites (tertiary alicyclic amines) is 1. The molecular formula is C22H30N4O2. The van der Waals surface area contributed by atoms with Gasteiger partial charge in [-0.15, -0.1) is 0 Å². The van der Waals surface area contributed by atoms with Gasteiger partial charge in [-0.05, 0) is 43.4 Å². The average Bonchev–Trinajstić information content (AvgIpc) is 2.76. The minimum absolute atomic E-state index is 0.0636. The van der Waals surface area contributed by atoms with Crippen LogP contribution in [0.15, 0.2) is 24.3 Å². The average molecular weight is 383 g/mol. The van der Waals surface area contributed by atoms with Crippen molar-refractivity contribution in [1.82, 2.24) is 14.7 Å². The van der Waals surface area contributed by atoms with Gasteiger partial charge in [-0.3, -0.25) is 14.6 Å². The molecule has 3 aliphatic heterocycles. The molecule has 3 aliphatic rings. The zero-order chi connectivity index (χ0) is 19.3. The number of nitrogens with zero attached hydrogens (tertiary/aromatic N) is 4. The second-order valence-corrected chi connectivity index (χ2v) is 8.15. The van der Waals surface area contributed by atoms with Gasteiger partial charge in [0.05, 0.1) is 17.7 Å². The number of benzene rings is 1. The Kier molecular flexibility index (Phi) is 6.26. The molecule has 0 saturated carbocycles. The zero-order valence-corrected chi connectivity index (χ0v) is 16.6. The van der Waals surface area contributed by atoms with E-state index in [9.17, 15) is 4.79 Å². The number of amides is 1. The maximum Gasteiger partial charge on any atom is 0.240 e. The van der Waals surface area contributed by atoms with Crippen molar-refractivity contribution in [2.24, 2.45) is 0 Å². The first-order valence-corrected chi connectivity index (χ1v) is 10.6. The molecule has 0 radical (unpaired) electrons. The molecular weight excluding hydrogens is 352 g/mol. The van der Waals surface area contributed by atoms with Gasteiger partial charge in [0.15, 0.2) is 0 Å². The van der Waals surface area contributed by atoms with Gasteiger partial charge in [-0.1, -0.05) is 12.1 Å². The highest BCUT2D eigenvalue weighted by atomic mass is 16.5. The van der Waals surface area contributed by atoms with Crippen LogP contribution in [0.5, 0.6) is 0 Å². The third-order valence-corrected chi connectivity index (χ3v) is 6.41. The second-order valence-electron chi connectivity index (χ2n) is 8.15. The van der Waals surface area contributed by atoms with Crippen LogP contribution in [0.25, 0.3) is 0 Å². The van der Waals surface area contributed by atoms with E-state index in [1.807, 2.05) is 24.3 Å². The predicted molar refractivity (Wildman–Crippen MR) is 107 cm³/mol. The van der Waals surface area contributed by atoms with Crippen LogP contribution in [0.4, 0.5) is 0 Å². The molecule has 1 aromatic carbocycles. The van der Waals surface area contributed by atoms with Gasteiger partial charge < -0.3 is 9.64 Å². The quantitative estimate of drug-likeness (QED) is 0.795. The molecule has 4 rings (SSSR count). The summed E-state index contributed by atoms with van der Waals surface area (Å²) < 4.78 is 5.47. The van der Waals surface area contributed by atoms with E-state index < -0.39 is 0 Å². The highest BCUT2D eigenvalue weighted by molar-refractivity contribution is 5.83. The first-order chi connectivity index (χ1) is 13.7. The summed E-state index contributed by atoms with van der Waals surface area (Å²) in [5, 5.41) is 8.92. The molecule has 0 N–H and O–H groups in total. The molecule has 1 amide bonds. The monoisotopic (exact) mass is 382 g/mol. The van der Waals surface area contributed by atoms with Crippen LogP contribution in [0.1, 0.15) is 36.8 Å². The molecule has 6 nitrogen and oxygen atoms in total. The predicted octanol–water partition coefficient (Wildman–Crippen LogP) is 1.85. The first-order valence-electron chi connectivity index (χ1n) is 10.6. The number of rotatable bonds is 4. The lowest BCUT2D eigenvalue weighted by molar-refractivity contribution is -0.145. The Labute approximate surface area is 167 Å². The van der Waals surface area contributed by atoms with Gasteiger partial charge in [-0.2, -0.15) is 5.26 Å². The summed E-state index contributed by atoms with van der Waals surface area (Å²) in [6, 6.07) is 10.5. The Bertz CT molecular complexity index is 700. The van der Waals surface area contributed by atoms with E-state index >= 15 is 0 Å². The van der Waals surface area contributed by atoms with Crippen LogP contribution in [0.2, 0.25) is 0 Å². The fraction of sp³-hybridized carbons (Fsp3) is 0.636. The molecule has 6 heteroatoms. The number of hydrogen-bond acceptors (Lipinski definition) is 5. The highest BCUT2D eigenvalue weighted by Crippen LogP contribution is 2.24. The number of carbonyl (C=O) groups excluding carboxylic acids is 1. The second kappa shape index (κ2) is 9.04. The maximum absolute atomic E-state index is 13.2. The van der Waals surface area contributed by atoms with E-state index in [2.05, 4.69) is 20.8 Å². The van der Waals surface area contributed by atoms with Crippen molar-refractivity contribution in [2.45, 2.75) is 44.3 Å². The number of piperazine rings is 1. The minimum Gasteiger partial charge on any atom is -0.381 e. The lowest BCUT2D eigenvalue weighted by Gasteiger charge is -2.45. The lowest BCUT2D eigenvalue weighted by atomic mass is 9.97. The van der Waals surface area contributed by atoms with Crippen molar-refractivity contribution in [3.8, 4) is 6.07 Å². The molecule has 0 unspecified atom stereocenters. The molecule has 0 spiro atoms. The Hall–Kier alpha value is -1.94. The van der Waals surface area contributed by atoms with Gasteiger partial charge in [0, 0.05) is 58.5 Å². The normalized spacial score (nSPS) is 25.6. The van der Waals surface area contributed by atoms with Crippen LogP contribution in [-0.4, -0.2) is 78.6 Å². The third kappa shape index (κ3) is 4.38. The SMILES string of the molecule is N#Cc1ccc(CN2CCN([C@H]3CCCN(C4CCOCC4)C3=O)CC2)cc1. The Morgan fingerprint density at radius 1 is 1.00 bits per heavy atom. The van der Waals surface area contributed by atoms with E-state index in [0.717, 1.165) is 78.2 Å². The van der Waals surface area contributed by atoms with E-state index in [1.165, 1.54) is 5.56 Å². The van der Waals surface area contributed by atoms with Crippen molar-refractivity contribution in [1.29, 1.82) is 5.26 Å². The van der Waals surface area contributed by atoms with Crippen LogP contribution in [-0.2, 0) is 16.1 Å². The molecule has 3 saturated heterocycles. The molecule has 28 heavy (non-hydrogen) atoms. The van der Waals surface area contributed by atoms with Crippen LogP contribution in [0, 0.1) is 11.3 Å². The molecule has 1 atom stereocenters. The number of hydrogen-bond donors (Lipinski definition) is 0. The molecule has 3 heterocycles. The van der Waals surface area contributed by atoms with E-state index in [-0.39, 0.29) is 6.04 Å². The number of piperidine rings is 1. The third-order valence-electron chi connectivity index (χ3n) is 6.41. The Balaban J connectivity index is 1.30. The summed E-state index contributed by atoms with van der Waals surface area (Å²) >= 11 is 0. The maximum atomic E-state index is 13.2. The summed E-state index contributed by atoms with van der Waals surface area (Å²) in [6.45, 7) is 7.27. The van der Waals surface area contributed by atoms with Gasteiger partial charge in [-0.25, -0.2) is 0 Å². The summed E-state index contributed by atoms with van der Waals surface area (Å²) in [5.74, 6) is 0.346. The molecule has 0 bridgehead atoms. The number of carbonyl (C=O) groups is 1.